The molecular formula is C11H26O6. The molecule has 0 radical (unpaired) electrons. The van der Waals surface area contributed by atoms with E-state index in [1.165, 1.54) is 0 Å². The number of hydrogen-bond donors (Lipinski definition) is 2. The van der Waals surface area contributed by atoms with Crippen molar-refractivity contribution < 1.29 is 29.2 Å². The Morgan fingerprint density at radius 2 is 1.18 bits per heavy atom. The molecule has 106 valence electrons. The van der Waals surface area contributed by atoms with Gasteiger partial charge in [-0.25, -0.2) is 0 Å². The Labute approximate surface area is 103 Å². The minimum Gasteiger partial charge on any atom is -0.394 e. The van der Waals surface area contributed by atoms with Crippen LogP contribution in [0.5, 0.6) is 0 Å². The topological polar surface area (TPSA) is 77.4 Å². The number of rotatable bonds is 11. The molecule has 0 aromatic heterocycles. The van der Waals surface area contributed by atoms with Crippen LogP contribution in [0.4, 0.5) is 0 Å². The highest BCUT2D eigenvalue weighted by Gasteiger charge is 1.84. The second-order valence-corrected chi connectivity index (χ2v) is 2.86. The lowest BCUT2D eigenvalue weighted by atomic mass is 10.7. The molecule has 0 aliphatic heterocycles. The van der Waals surface area contributed by atoms with E-state index >= 15 is 0 Å². The van der Waals surface area contributed by atoms with E-state index in [4.69, 9.17) is 24.4 Å². The molecule has 0 aromatic rings. The number of aliphatic hydroxyl groups is 2. The number of aliphatic hydroxyl groups excluding tert-OH is 2. The highest BCUT2D eigenvalue weighted by atomic mass is 16.5. The molecule has 6 heteroatoms. The van der Waals surface area contributed by atoms with Crippen LogP contribution < -0.4 is 0 Å². The first-order valence-electron chi connectivity index (χ1n) is 5.77. The third kappa shape index (κ3) is 25.8. The average Bonchev–Trinajstić information content (AvgIpc) is 2.36. The fourth-order valence-electron chi connectivity index (χ4n) is 0.738. The maximum Gasteiger partial charge on any atom is 0.0701 e. The van der Waals surface area contributed by atoms with Gasteiger partial charge < -0.3 is 29.2 Å². The molecule has 0 fully saturated rings. The Kier molecular flexibility index (Phi) is 23.7. The van der Waals surface area contributed by atoms with Crippen LogP contribution in [-0.4, -0.2) is 76.8 Å². The molecule has 0 atom stereocenters. The molecule has 6 nitrogen and oxygen atoms in total. The Balaban J connectivity index is 0. The monoisotopic (exact) mass is 254 g/mol. The zero-order valence-corrected chi connectivity index (χ0v) is 10.9. The van der Waals surface area contributed by atoms with Crippen LogP contribution in [0.3, 0.4) is 0 Å². The predicted molar refractivity (Wildman–Crippen MR) is 64.2 cm³/mol. The van der Waals surface area contributed by atoms with Gasteiger partial charge in [0.05, 0.1) is 52.9 Å². The Morgan fingerprint density at radius 1 is 0.706 bits per heavy atom. The fraction of sp³-hybridized carbons (Fsp3) is 1.00. The third-order valence-corrected chi connectivity index (χ3v) is 1.48. The van der Waals surface area contributed by atoms with Crippen LogP contribution in [0.2, 0.25) is 0 Å². The number of hydrogen-bond acceptors (Lipinski definition) is 6. The van der Waals surface area contributed by atoms with Gasteiger partial charge in [0.2, 0.25) is 0 Å². The van der Waals surface area contributed by atoms with Gasteiger partial charge in [-0.3, -0.25) is 0 Å². The van der Waals surface area contributed by atoms with Gasteiger partial charge in [-0.05, 0) is 6.92 Å². The standard InChI is InChI=1S/C6H14O3.C5H12O3/c1-2-8-5-6-9-4-3-7;1-7-4-5-8-3-2-6/h7H,2-6H2,1H3;6H,2-5H2,1H3. The molecule has 0 aromatic carbocycles. The van der Waals surface area contributed by atoms with E-state index in [0.29, 0.717) is 39.6 Å². The minimum atomic E-state index is 0.0870. The smallest absolute Gasteiger partial charge is 0.0701 e. The van der Waals surface area contributed by atoms with Gasteiger partial charge in [-0.1, -0.05) is 0 Å². The van der Waals surface area contributed by atoms with Crippen LogP contribution in [0.25, 0.3) is 0 Å². The summed E-state index contributed by atoms with van der Waals surface area (Å²) >= 11 is 0. The van der Waals surface area contributed by atoms with Gasteiger partial charge in [0.15, 0.2) is 0 Å². The normalized spacial score (nSPS) is 9.88. The molecule has 0 bridgehead atoms. The van der Waals surface area contributed by atoms with E-state index in [9.17, 15) is 0 Å². The van der Waals surface area contributed by atoms with E-state index in [2.05, 4.69) is 4.74 Å². The zero-order valence-electron chi connectivity index (χ0n) is 10.9. The summed E-state index contributed by atoms with van der Waals surface area (Å²) in [4.78, 5) is 0. The lowest BCUT2D eigenvalue weighted by Gasteiger charge is -2.00. The first-order chi connectivity index (χ1) is 8.33. The van der Waals surface area contributed by atoms with E-state index in [-0.39, 0.29) is 13.2 Å². The van der Waals surface area contributed by atoms with Crippen molar-refractivity contribution in [2.75, 3.05) is 66.6 Å². The first-order valence-corrected chi connectivity index (χ1v) is 5.77. The number of methoxy groups -OCH3 is 1. The molecule has 0 spiro atoms. The molecule has 2 N–H and O–H groups in total. The van der Waals surface area contributed by atoms with Gasteiger partial charge in [0.25, 0.3) is 0 Å². The van der Waals surface area contributed by atoms with Crippen molar-refractivity contribution in [3.05, 3.63) is 0 Å². The van der Waals surface area contributed by atoms with Crippen LogP contribution in [0, 0.1) is 0 Å². The van der Waals surface area contributed by atoms with Crippen LogP contribution in [0.15, 0.2) is 0 Å². The summed E-state index contributed by atoms with van der Waals surface area (Å²) in [6.07, 6.45) is 0. The molecular weight excluding hydrogens is 228 g/mol. The molecule has 17 heavy (non-hydrogen) atoms. The summed E-state index contributed by atoms with van der Waals surface area (Å²) < 4.78 is 19.4. The lowest BCUT2D eigenvalue weighted by Crippen LogP contribution is -2.06. The average molecular weight is 254 g/mol. The molecule has 0 saturated carbocycles. The maximum atomic E-state index is 8.26. The molecule has 0 aliphatic carbocycles. The summed E-state index contributed by atoms with van der Waals surface area (Å²) in [6.45, 7) is 6.02. The Morgan fingerprint density at radius 3 is 1.59 bits per heavy atom. The van der Waals surface area contributed by atoms with Crippen LogP contribution in [0.1, 0.15) is 6.92 Å². The summed E-state index contributed by atoms with van der Waals surface area (Å²) in [6, 6.07) is 0. The summed E-state index contributed by atoms with van der Waals surface area (Å²) in [5.74, 6) is 0. The van der Waals surface area contributed by atoms with E-state index in [1.54, 1.807) is 7.11 Å². The number of ether oxygens (including phenoxy) is 4. The summed E-state index contributed by atoms with van der Waals surface area (Å²) in [7, 11) is 1.61. The zero-order chi connectivity index (χ0) is 13.2. The van der Waals surface area contributed by atoms with E-state index in [1.807, 2.05) is 6.92 Å². The van der Waals surface area contributed by atoms with Crippen LogP contribution in [-0.2, 0) is 18.9 Å². The Bertz CT molecular complexity index is 100. The summed E-state index contributed by atoms with van der Waals surface area (Å²) in [5.41, 5.74) is 0. The molecule has 0 rings (SSSR count). The highest BCUT2D eigenvalue weighted by molar-refractivity contribution is 4.28. The van der Waals surface area contributed by atoms with Crippen molar-refractivity contribution >= 4 is 0 Å². The van der Waals surface area contributed by atoms with Crippen molar-refractivity contribution in [3.63, 3.8) is 0 Å². The molecule has 0 aliphatic rings. The van der Waals surface area contributed by atoms with Crippen molar-refractivity contribution in [2.45, 2.75) is 6.92 Å². The van der Waals surface area contributed by atoms with E-state index in [0.717, 1.165) is 6.61 Å². The second kappa shape index (κ2) is 21.1. The molecule has 0 unspecified atom stereocenters. The second-order valence-electron chi connectivity index (χ2n) is 2.86. The van der Waals surface area contributed by atoms with Gasteiger partial charge in [0, 0.05) is 13.7 Å². The van der Waals surface area contributed by atoms with Crippen molar-refractivity contribution in [1.29, 1.82) is 0 Å². The van der Waals surface area contributed by atoms with Gasteiger partial charge in [-0.15, -0.1) is 0 Å². The molecule has 0 amide bonds. The third-order valence-electron chi connectivity index (χ3n) is 1.48. The SMILES string of the molecule is CCOCCOCCO.COCCOCCO. The van der Waals surface area contributed by atoms with Crippen LogP contribution >= 0.6 is 0 Å². The highest BCUT2D eigenvalue weighted by Crippen LogP contribution is 1.76. The fourth-order valence-corrected chi connectivity index (χ4v) is 0.738. The minimum absolute atomic E-state index is 0.0870. The maximum absolute atomic E-state index is 8.26. The molecule has 0 saturated heterocycles. The van der Waals surface area contributed by atoms with Gasteiger partial charge in [-0.2, -0.15) is 0 Å². The molecule has 0 heterocycles. The van der Waals surface area contributed by atoms with Gasteiger partial charge >= 0.3 is 0 Å². The van der Waals surface area contributed by atoms with Crippen molar-refractivity contribution in [3.8, 4) is 0 Å². The van der Waals surface area contributed by atoms with E-state index < -0.39 is 0 Å². The summed E-state index contributed by atoms with van der Waals surface area (Å²) in [5, 5.41) is 16.5. The quantitative estimate of drug-likeness (QED) is 0.492. The Hall–Kier alpha value is -0.240. The largest absolute Gasteiger partial charge is 0.394 e. The lowest BCUT2D eigenvalue weighted by molar-refractivity contribution is 0.0370. The predicted octanol–water partition coefficient (Wildman–Crippen LogP) is -0.326. The van der Waals surface area contributed by atoms with Crippen molar-refractivity contribution in [2.24, 2.45) is 0 Å². The first kappa shape index (κ1) is 19.1. The van der Waals surface area contributed by atoms with Crippen molar-refractivity contribution in [1.82, 2.24) is 0 Å². The van der Waals surface area contributed by atoms with Gasteiger partial charge in [0.1, 0.15) is 0 Å².